The van der Waals surface area contributed by atoms with E-state index in [1.807, 2.05) is 7.05 Å². The summed E-state index contributed by atoms with van der Waals surface area (Å²) in [6.45, 7) is 11.0. The van der Waals surface area contributed by atoms with Gasteiger partial charge in [0, 0.05) is 18.9 Å². The van der Waals surface area contributed by atoms with Crippen LogP contribution in [0, 0.1) is 5.92 Å². The zero-order valence-corrected chi connectivity index (χ0v) is 14.6. The number of nitrogens with zero attached hydrogens (tertiary/aromatic N) is 3. The molecule has 6 heteroatoms. The van der Waals surface area contributed by atoms with Crippen LogP contribution in [0.2, 0.25) is 0 Å². The van der Waals surface area contributed by atoms with E-state index in [0.717, 1.165) is 22.3 Å². The van der Waals surface area contributed by atoms with Crippen LogP contribution in [0.1, 0.15) is 45.3 Å². The van der Waals surface area contributed by atoms with Crippen molar-refractivity contribution < 1.29 is 0 Å². The molecule has 0 fully saturated rings. The molecule has 1 N–H and O–H groups in total. The third-order valence-electron chi connectivity index (χ3n) is 2.80. The number of anilines is 1. The Kier molecular flexibility index (Phi) is 4.44. The SMILES string of the molecule is CNc1nnc(-c2sc(CC(C)C)nc2C(C)(C)C)s1. The Labute approximate surface area is 128 Å². The van der Waals surface area contributed by atoms with E-state index in [2.05, 4.69) is 50.1 Å². The lowest BCUT2D eigenvalue weighted by atomic mass is 9.91. The smallest absolute Gasteiger partial charge is 0.205 e. The monoisotopic (exact) mass is 310 g/mol. The lowest BCUT2D eigenvalue weighted by Gasteiger charge is -2.16. The molecule has 0 spiro atoms. The summed E-state index contributed by atoms with van der Waals surface area (Å²) in [5.74, 6) is 0.615. The molecule has 0 radical (unpaired) electrons. The Morgan fingerprint density at radius 2 is 1.85 bits per heavy atom. The predicted molar refractivity (Wildman–Crippen MR) is 87.8 cm³/mol. The molecule has 0 saturated heterocycles. The number of rotatable bonds is 4. The molecule has 0 bridgehead atoms. The minimum atomic E-state index is 0.0204. The molecular weight excluding hydrogens is 288 g/mol. The van der Waals surface area contributed by atoms with Crippen LogP contribution in [0.4, 0.5) is 5.13 Å². The lowest BCUT2D eigenvalue weighted by molar-refractivity contribution is 0.567. The van der Waals surface area contributed by atoms with Crippen LogP contribution in [0.25, 0.3) is 9.88 Å². The topological polar surface area (TPSA) is 50.7 Å². The Hall–Kier alpha value is -1.01. The van der Waals surface area contributed by atoms with Crippen molar-refractivity contribution in [2.45, 2.75) is 46.5 Å². The van der Waals surface area contributed by atoms with E-state index >= 15 is 0 Å². The Morgan fingerprint density at radius 3 is 2.35 bits per heavy atom. The zero-order valence-electron chi connectivity index (χ0n) is 12.9. The van der Waals surface area contributed by atoms with Crippen molar-refractivity contribution >= 4 is 27.8 Å². The second-order valence-corrected chi connectivity index (χ2v) is 8.36. The third kappa shape index (κ3) is 3.35. The minimum absolute atomic E-state index is 0.0204. The number of thiazole rings is 1. The molecule has 0 aliphatic heterocycles. The highest BCUT2D eigenvalue weighted by Crippen LogP contribution is 2.39. The van der Waals surface area contributed by atoms with Crippen LogP contribution >= 0.6 is 22.7 Å². The van der Waals surface area contributed by atoms with Crippen molar-refractivity contribution in [2.75, 3.05) is 12.4 Å². The van der Waals surface area contributed by atoms with Crippen molar-refractivity contribution in [1.29, 1.82) is 0 Å². The molecule has 0 amide bonds. The van der Waals surface area contributed by atoms with Gasteiger partial charge in [-0.3, -0.25) is 0 Å². The van der Waals surface area contributed by atoms with Crippen LogP contribution in [0.3, 0.4) is 0 Å². The summed E-state index contributed by atoms with van der Waals surface area (Å²) in [6, 6.07) is 0. The highest BCUT2D eigenvalue weighted by atomic mass is 32.1. The molecule has 2 heterocycles. The molecule has 0 aliphatic carbocycles. The molecule has 0 aliphatic rings. The number of aromatic nitrogens is 3. The minimum Gasteiger partial charge on any atom is -0.363 e. The van der Waals surface area contributed by atoms with Crippen LogP contribution in [-0.4, -0.2) is 22.2 Å². The van der Waals surface area contributed by atoms with Crippen molar-refractivity contribution in [1.82, 2.24) is 15.2 Å². The Bertz CT molecular complexity index is 578. The molecule has 20 heavy (non-hydrogen) atoms. The summed E-state index contributed by atoms with van der Waals surface area (Å²) in [6.07, 6.45) is 1.02. The summed E-state index contributed by atoms with van der Waals surface area (Å²) in [4.78, 5) is 6.04. The first kappa shape index (κ1) is 15.4. The standard InChI is InChI=1S/C14H22N4S2/c1-8(2)7-9-16-11(14(3,4)5)10(19-9)12-17-18-13(15-6)20-12/h8H,7H2,1-6H3,(H,15,18). The molecule has 110 valence electrons. The van der Waals surface area contributed by atoms with Gasteiger partial charge < -0.3 is 5.32 Å². The van der Waals surface area contributed by atoms with Gasteiger partial charge in [0.25, 0.3) is 0 Å². The average Bonchev–Trinajstić information content (AvgIpc) is 2.92. The van der Waals surface area contributed by atoms with Gasteiger partial charge in [-0.2, -0.15) is 0 Å². The normalized spacial score (nSPS) is 12.2. The fourth-order valence-corrected chi connectivity index (χ4v) is 4.12. The molecule has 0 aromatic carbocycles. The highest BCUT2D eigenvalue weighted by molar-refractivity contribution is 7.23. The molecule has 0 saturated carbocycles. The van der Waals surface area contributed by atoms with Crippen molar-refractivity contribution in [3.8, 4) is 9.88 Å². The van der Waals surface area contributed by atoms with Crippen molar-refractivity contribution in [2.24, 2.45) is 5.92 Å². The van der Waals surface area contributed by atoms with Gasteiger partial charge >= 0.3 is 0 Å². The average molecular weight is 310 g/mol. The fraction of sp³-hybridized carbons (Fsp3) is 0.643. The first-order chi connectivity index (χ1) is 9.31. The maximum Gasteiger partial charge on any atom is 0.205 e. The van der Waals surface area contributed by atoms with Gasteiger partial charge in [-0.05, 0) is 5.92 Å². The first-order valence-corrected chi connectivity index (χ1v) is 8.46. The van der Waals surface area contributed by atoms with E-state index in [0.29, 0.717) is 5.92 Å². The predicted octanol–water partition coefficient (Wildman–Crippen LogP) is 4.20. The third-order valence-corrected chi connectivity index (χ3v) is 4.97. The quantitative estimate of drug-likeness (QED) is 0.919. The van der Waals surface area contributed by atoms with E-state index in [4.69, 9.17) is 4.98 Å². The van der Waals surface area contributed by atoms with Gasteiger partial charge in [0.05, 0.1) is 15.6 Å². The van der Waals surface area contributed by atoms with Crippen LogP contribution in [0.5, 0.6) is 0 Å². The summed E-state index contributed by atoms with van der Waals surface area (Å²) in [7, 11) is 1.87. The Balaban J connectivity index is 2.46. The number of nitrogens with one attached hydrogen (secondary N) is 1. The fourth-order valence-electron chi connectivity index (χ4n) is 1.87. The van der Waals surface area contributed by atoms with Crippen molar-refractivity contribution in [3.05, 3.63) is 10.7 Å². The van der Waals surface area contributed by atoms with Crippen LogP contribution in [0.15, 0.2) is 0 Å². The van der Waals surface area contributed by atoms with Gasteiger partial charge in [0.15, 0.2) is 5.01 Å². The molecule has 2 aromatic heterocycles. The molecule has 2 aromatic rings. The van der Waals surface area contributed by atoms with E-state index in [-0.39, 0.29) is 5.41 Å². The van der Waals surface area contributed by atoms with E-state index in [9.17, 15) is 0 Å². The van der Waals surface area contributed by atoms with Gasteiger partial charge in [0.1, 0.15) is 0 Å². The van der Waals surface area contributed by atoms with E-state index < -0.39 is 0 Å². The maximum absolute atomic E-state index is 4.87. The Morgan fingerprint density at radius 1 is 1.15 bits per heavy atom. The van der Waals surface area contributed by atoms with Gasteiger partial charge in [0.2, 0.25) is 5.13 Å². The largest absolute Gasteiger partial charge is 0.363 e. The molecule has 2 rings (SSSR count). The second kappa shape index (κ2) is 5.77. The lowest BCUT2D eigenvalue weighted by Crippen LogP contribution is -2.13. The van der Waals surface area contributed by atoms with Crippen LogP contribution in [-0.2, 0) is 11.8 Å². The number of hydrogen-bond acceptors (Lipinski definition) is 6. The van der Waals surface area contributed by atoms with Gasteiger partial charge in [-0.25, -0.2) is 4.98 Å². The molecular formula is C14H22N4S2. The number of hydrogen-bond donors (Lipinski definition) is 1. The van der Waals surface area contributed by atoms with Crippen LogP contribution < -0.4 is 5.32 Å². The zero-order chi connectivity index (χ0) is 14.9. The van der Waals surface area contributed by atoms with E-state index in [1.54, 1.807) is 22.7 Å². The second-order valence-electron chi connectivity index (χ2n) is 6.30. The van der Waals surface area contributed by atoms with Gasteiger partial charge in [-0.1, -0.05) is 46.0 Å². The molecule has 4 nitrogen and oxygen atoms in total. The van der Waals surface area contributed by atoms with Gasteiger partial charge in [-0.15, -0.1) is 21.5 Å². The molecule has 0 unspecified atom stereocenters. The summed E-state index contributed by atoms with van der Waals surface area (Å²) >= 11 is 3.35. The summed E-state index contributed by atoms with van der Waals surface area (Å²) < 4.78 is 0. The van der Waals surface area contributed by atoms with E-state index in [1.165, 1.54) is 9.88 Å². The highest BCUT2D eigenvalue weighted by Gasteiger charge is 2.26. The maximum atomic E-state index is 4.87. The summed E-state index contributed by atoms with van der Waals surface area (Å²) in [5, 5.41) is 14.5. The van der Waals surface area contributed by atoms with Crippen molar-refractivity contribution in [3.63, 3.8) is 0 Å². The molecule has 0 atom stereocenters. The summed E-state index contributed by atoms with van der Waals surface area (Å²) in [5.41, 5.74) is 1.16. The first-order valence-electron chi connectivity index (χ1n) is 6.83.